The predicted molar refractivity (Wildman–Crippen MR) is 74.2 cm³/mol. The predicted octanol–water partition coefficient (Wildman–Crippen LogP) is 1.73. The van der Waals surface area contributed by atoms with E-state index in [1.807, 2.05) is 30.5 Å². The van der Waals surface area contributed by atoms with Crippen LogP contribution in [-0.2, 0) is 4.79 Å². The lowest BCUT2D eigenvalue weighted by Crippen LogP contribution is -2.25. The van der Waals surface area contributed by atoms with E-state index in [0.29, 0.717) is 6.54 Å². The molecule has 1 fully saturated rings. The lowest BCUT2D eigenvalue weighted by atomic mass is 10.2. The standard InChI is InChI=1S/C13H12BrN3O2/c14-9-6-15-17(7-9)11-3-1-10(2-4-11)16-8-12(18)5-13(16)19/h1-4,6-7,12,18H,5,8H2. The summed E-state index contributed by atoms with van der Waals surface area (Å²) in [6.45, 7) is 0.367. The third-order valence-electron chi connectivity index (χ3n) is 3.08. The molecule has 0 spiro atoms. The second-order valence-corrected chi connectivity index (χ2v) is 5.40. The maximum atomic E-state index is 11.7. The van der Waals surface area contributed by atoms with Crippen LogP contribution in [-0.4, -0.2) is 33.4 Å². The zero-order valence-corrected chi connectivity index (χ0v) is 11.6. The molecule has 1 aromatic carbocycles. The lowest BCUT2D eigenvalue weighted by molar-refractivity contribution is -0.117. The number of benzene rings is 1. The highest BCUT2D eigenvalue weighted by Gasteiger charge is 2.28. The minimum Gasteiger partial charge on any atom is -0.391 e. The molecule has 0 bridgehead atoms. The summed E-state index contributed by atoms with van der Waals surface area (Å²) in [5, 5.41) is 13.7. The molecular formula is C13H12BrN3O2. The van der Waals surface area contributed by atoms with E-state index in [1.165, 1.54) is 0 Å². The topological polar surface area (TPSA) is 58.4 Å². The number of aromatic nitrogens is 2. The summed E-state index contributed by atoms with van der Waals surface area (Å²) in [5.41, 5.74) is 1.72. The van der Waals surface area contributed by atoms with Crippen molar-refractivity contribution >= 4 is 27.5 Å². The summed E-state index contributed by atoms with van der Waals surface area (Å²) in [5.74, 6) is -0.0397. The van der Waals surface area contributed by atoms with E-state index in [0.717, 1.165) is 15.8 Å². The molecule has 1 atom stereocenters. The van der Waals surface area contributed by atoms with Crippen LogP contribution >= 0.6 is 15.9 Å². The average molecular weight is 322 g/mol. The molecule has 1 aliphatic rings. The maximum Gasteiger partial charge on any atom is 0.229 e. The fraction of sp³-hybridized carbons (Fsp3) is 0.231. The summed E-state index contributed by atoms with van der Waals surface area (Å²) < 4.78 is 2.66. The number of carbonyl (C=O) groups excluding carboxylic acids is 1. The van der Waals surface area contributed by atoms with Crippen molar-refractivity contribution in [2.45, 2.75) is 12.5 Å². The van der Waals surface area contributed by atoms with Crippen molar-refractivity contribution in [3.63, 3.8) is 0 Å². The summed E-state index contributed by atoms with van der Waals surface area (Å²) in [4.78, 5) is 13.3. The molecule has 3 rings (SSSR count). The highest BCUT2D eigenvalue weighted by molar-refractivity contribution is 9.10. The van der Waals surface area contributed by atoms with Crippen LogP contribution < -0.4 is 4.90 Å². The number of nitrogens with zero attached hydrogens (tertiary/aromatic N) is 3. The van der Waals surface area contributed by atoms with Crippen LogP contribution in [0.15, 0.2) is 41.1 Å². The molecule has 2 heterocycles. The van der Waals surface area contributed by atoms with Crippen LogP contribution in [0, 0.1) is 0 Å². The molecule has 19 heavy (non-hydrogen) atoms. The van der Waals surface area contributed by atoms with Gasteiger partial charge in [0.15, 0.2) is 0 Å². The number of hydrogen-bond acceptors (Lipinski definition) is 3. The SMILES string of the molecule is O=C1CC(O)CN1c1ccc(-n2cc(Br)cn2)cc1. The molecule has 98 valence electrons. The van der Waals surface area contributed by atoms with Gasteiger partial charge in [-0.2, -0.15) is 5.10 Å². The number of carbonyl (C=O) groups is 1. The minimum atomic E-state index is -0.561. The fourth-order valence-electron chi connectivity index (χ4n) is 2.17. The van der Waals surface area contributed by atoms with Crippen LogP contribution in [0.1, 0.15) is 6.42 Å². The van der Waals surface area contributed by atoms with Crippen LogP contribution in [0.5, 0.6) is 0 Å². The van der Waals surface area contributed by atoms with Gasteiger partial charge in [-0.05, 0) is 40.2 Å². The number of anilines is 1. The zero-order valence-electron chi connectivity index (χ0n) is 10.0. The first kappa shape index (κ1) is 12.4. The highest BCUT2D eigenvalue weighted by atomic mass is 79.9. The van der Waals surface area contributed by atoms with Gasteiger partial charge in [0.1, 0.15) is 0 Å². The molecule has 1 unspecified atom stereocenters. The third-order valence-corrected chi connectivity index (χ3v) is 3.49. The first-order valence-electron chi connectivity index (χ1n) is 5.92. The van der Waals surface area contributed by atoms with Crippen molar-refractivity contribution in [1.82, 2.24) is 9.78 Å². The van der Waals surface area contributed by atoms with Crippen molar-refractivity contribution in [3.05, 3.63) is 41.1 Å². The van der Waals surface area contributed by atoms with Gasteiger partial charge < -0.3 is 10.0 Å². The van der Waals surface area contributed by atoms with E-state index in [2.05, 4.69) is 21.0 Å². The molecule has 0 radical (unpaired) electrons. The Bertz CT molecular complexity index is 609. The quantitative estimate of drug-likeness (QED) is 0.916. The Balaban J connectivity index is 1.85. The van der Waals surface area contributed by atoms with E-state index < -0.39 is 6.10 Å². The van der Waals surface area contributed by atoms with Crippen molar-refractivity contribution in [2.75, 3.05) is 11.4 Å². The number of halogens is 1. The van der Waals surface area contributed by atoms with Crippen LogP contribution in [0.2, 0.25) is 0 Å². The van der Waals surface area contributed by atoms with Gasteiger partial charge in [-0.25, -0.2) is 4.68 Å². The number of amides is 1. The van der Waals surface area contributed by atoms with Gasteiger partial charge in [0.05, 0.1) is 35.4 Å². The molecule has 6 heteroatoms. The molecule has 0 aliphatic carbocycles. The van der Waals surface area contributed by atoms with Gasteiger partial charge in [0, 0.05) is 11.9 Å². The molecule has 5 nitrogen and oxygen atoms in total. The smallest absolute Gasteiger partial charge is 0.229 e. The van der Waals surface area contributed by atoms with Crippen molar-refractivity contribution in [2.24, 2.45) is 0 Å². The second kappa shape index (κ2) is 4.79. The largest absolute Gasteiger partial charge is 0.391 e. The van der Waals surface area contributed by atoms with Gasteiger partial charge in [0.2, 0.25) is 5.91 Å². The maximum absolute atomic E-state index is 11.7. The van der Waals surface area contributed by atoms with Crippen molar-refractivity contribution < 1.29 is 9.90 Å². The van der Waals surface area contributed by atoms with Gasteiger partial charge in [-0.1, -0.05) is 0 Å². The van der Waals surface area contributed by atoms with Gasteiger partial charge in [-0.15, -0.1) is 0 Å². The molecular weight excluding hydrogens is 310 g/mol. The van der Waals surface area contributed by atoms with Crippen molar-refractivity contribution in [1.29, 1.82) is 0 Å². The lowest BCUT2D eigenvalue weighted by Gasteiger charge is -2.16. The Morgan fingerprint density at radius 2 is 1.95 bits per heavy atom. The molecule has 2 aromatic rings. The van der Waals surface area contributed by atoms with Crippen LogP contribution in [0.25, 0.3) is 5.69 Å². The molecule has 1 N–H and O–H groups in total. The number of rotatable bonds is 2. The monoisotopic (exact) mass is 321 g/mol. The van der Waals surface area contributed by atoms with Crippen LogP contribution in [0.3, 0.4) is 0 Å². The van der Waals surface area contributed by atoms with E-state index >= 15 is 0 Å². The first-order valence-corrected chi connectivity index (χ1v) is 6.72. The van der Waals surface area contributed by atoms with Gasteiger partial charge >= 0.3 is 0 Å². The van der Waals surface area contributed by atoms with Crippen LogP contribution in [0.4, 0.5) is 5.69 Å². The summed E-state index contributed by atoms with van der Waals surface area (Å²) >= 11 is 3.35. The normalized spacial score (nSPS) is 19.2. The molecule has 1 aliphatic heterocycles. The Labute approximate surface area is 118 Å². The number of aliphatic hydroxyl groups is 1. The third kappa shape index (κ3) is 2.41. The van der Waals surface area contributed by atoms with Crippen molar-refractivity contribution in [3.8, 4) is 5.69 Å². The Hall–Kier alpha value is -1.66. The highest BCUT2D eigenvalue weighted by Crippen LogP contribution is 2.23. The Morgan fingerprint density at radius 3 is 2.47 bits per heavy atom. The van der Waals surface area contributed by atoms with E-state index in [1.54, 1.807) is 15.8 Å². The van der Waals surface area contributed by atoms with E-state index in [-0.39, 0.29) is 12.3 Å². The molecule has 1 amide bonds. The summed E-state index contributed by atoms with van der Waals surface area (Å²) in [6, 6.07) is 7.52. The second-order valence-electron chi connectivity index (χ2n) is 4.48. The number of hydrogen-bond donors (Lipinski definition) is 1. The first-order chi connectivity index (χ1) is 9.13. The van der Waals surface area contributed by atoms with E-state index in [4.69, 9.17) is 0 Å². The Morgan fingerprint density at radius 1 is 1.26 bits per heavy atom. The zero-order chi connectivity index (χ0) is 13.4. The van der Waals surface area contributed by atoms with E-state index in [9.17, 15) is 9.90 Å². The van der Waals surface area contributed by atoms with Gasteiger partial charge in [0.25, 0.3) is 0 Å². The average Bonchev–Trinajstić information content (AvgIpc) is 2.96. The minimum absolute atomic E-state index is 0.0397. The van der Waals surface area contributed by atoms with Gasteiger partial charge in [-0.3, -0.25) is 4.79 Å². The summed E-state index contributed by atoms with van der Waals surface area (Å²) in [7, 11) is 0. The number of aliphatic hydroxyl groups excluding tert-OH is 1. The molecule has 1 aromatic heterocycles. The fourth-order valence-corrected chi connectivity index (χ4v) is 2.45. The number of β-amino-alcohol motifs (C(OH)–C–C–N with tert-alkyl or cyclic N) is 1. The summed E-state index contributed by atoms with van der Waals surface area (Å²) in [6.07, 6.45) is 3.22. The molecule has 0 saturated carbocycles. The Kier molecular flexibility index (Phi) is 3.12. The molecule has 1 saturated heterocycles.